The maximum absolute atomic E-state index is 12.9. The van der Waals surface area contributed by atoms with Gasteiger partial charge in [-0.3, -0.25) is 4.79 Å². The summed E-state index contributed by atoms with van der Waals surface area (Å²) in [7, 11) is 0. The molecule has 5 rings (SSSR count). The molecule has 0 aliphatic heterocycles. The van der Waals surface area contributed by atoms with E-state index in [-0.39, 0.29) is 17.1 Å². The van der Waals surface area contributed by atoms with E-state index in [1.807, 2.05) is 72.8 Å². The maximum Gasteiger partial charge on any atom is 0.347 e. The molecule has 160 valence electrons. The summed E-state index contributed by atoms with van der Waals surface area (Å²) in [6.45, 7) is 0. The van der Waals surface area contributed by atoms with Gasteiger partial charge in [0.05, 0.1) is 17.1 Å². The summed E-state index contributed by atoms with van der Waals surface area (Å²) in [5.41, 5.74) is 3.31. The zero-order valence-corrected chi connectivity index (χ0v) is 18.3. The van der Waals surface area contributed by atoms with Gasteiger partial charge < -0.3 is 4.42 Å². The smallest absolute Gasteiger partial charge is 0.347 e. The average Bonchev–Trinajstić information content (AvgIpc) is 2.87. The normalized spacial score (nSPS) is 10.9. The number of rotatable bonds is 6. The fourth-order valence-corrected chi connectivity index (χ4v) is 4.21. The molecule has 5 nitrogen and oxygen atoms in total. The van der Waals surface area contributed by atoms with Crippen molar-refractivity contribution in [3.05, 3.63) is 113 Å². The molecular weight excluding hydrogens is 432 g/mol. The third-order valence-electron chi connectivity index (χ3n) is 5.12. The van der Waals surface area contributed by atoms with E-state index in [0.717, 1.165) is 22.5 Å². The van der Waals surface area contributed by atoms with Crippen molar-refractivity contribution >= 4 is 28.5 Å². The van der Waals surface area contributed by atoms with Crippen molar-refractivity contribution in [1.82, 2.24) is 9.97 Å². The largest absolute Gasteiger partial charge is 0.422 e. The number of carbonyl (C=O) groups excluding carboxylic acids is 1. The van der Waals surface area contributed by atoms with E-state index >= 15 is 0 Å². The fraction of sp³-hybridized carbons (Fsp3) is 0.0370. The van der Waals surface area contributed by atoms with Crippen LogP contribution in [0.5, 0.6) is 0 Å². The molecule has 0 unspecified atom stereocenters. The van der Waals surface area contributed by atoms with Crippen molar-refractivity contribution in [1.29, 1.82) is 0 Å². The molecule has 0 atom stereocenters. The number of carbonyl (C=O) groups is 1. The summed E-state index contributed by atoms with van der Waals surface area (Å²) in [6, 6.07) is 30.3. The fourth-order valence-electron chi connectivity index (χ4n) is 3.47. The molecule has 0 N–H and O–H groups in total. The van der Waals surface area contributed by atoms with E-state index in [1.165, 1.54) is 11.8 Å². The van der Waals surface area contributed by atoms with Crippen LogP contribution in [0.15, 0.2) is 111 Å². The van der Waals surface area contributed by atoms with Gasteiger partial charge in [0.2, 0.25) is 0 Å². The van der Waals surface area contributed by atoms with Gasteiger partial charge in [0, 0.05) is 16.5 Å². The Hall–Kier alpha value is -4.03. The Morgan fingerprint density at radius 2 is 1.33 bits per heavy atom. The lowest BCUT2D eigenvalue weighted by atomic mass is 10.1. The number of hydrogen-bond acceptors (Lipinski definition) is 6. The molecule has 0 aliphatic rings. The first kappa shape index (κ1) is 20.8. The van der Waals surface area contributed by atoms with Gasteiger partial charge in [-0.25, -0.2) is 14.8 Å². The van der Waals surface area contributed by atoms with Crippen LogP contribution in [0.2, 0.25) is 0 Å². The SMILES string of the molecule is O=C(CSc1nc(-c2ccccc2)cc(-c2ccccc2)n1)c1cc2ccccc2oc1=O. The molecule has 0 saturated heterocycles. The standard InChI is InChI=1S/C27H18N2O3S/c30-24(21-15-20-13-7-8-14-25(20)32-26(21)31)17-33-27-28-22(18-9-3-1-4-10-18)16-23(29-27)19-11-5-2-6-12-19/h1-16H,17H2. The molecule has 0 aliphatic carbocycles. The summed E-state index contributed by atoms with van der Waals surface area (Å²) in [4.78, 5) is 34.5. The number of thioether (sulfide) groups is 1. The number of fused-ring (bicyclic) bond motifs is 1. The summed E-state index contributed by atoms with van der Waals surface area (Å²) in [5.74, 6) is -0.301. The Balaban J connectivity index is 1.46. The van der Waals surface area contributed by atoms with E-state index in [4.69, 9.17) is 4.42 Å². The lowest BCUT2D eigenvalue weighted by molar-refractivity contribution is 0.101. The Labute approximate surface area is 194 Å². The first-order chi connectivity index (χ1) is 16.2. The first-order valence-corrected chi connectivity index (χ1v) is 11.3. The second kappa shape index (κ2) is 9.22. The zero-order chi connectivity index (χ0) is 22.6. The number of para-hydroxylation sites is 1. The van der Waals surface area contributed by atoms with Crippen molar-refractivity contribution in [2.45, 2.75) is 5.16 Å². The van der Waals surface area contributed by atoms with Crippen molar-refractivity contribution in [2.24, 2.45) is 0 Å². The highest BCUT2D eigenvalue weighted by Crippen LogP contribution is 2.27. The number of Topliss-reactive ketones (excluding diaryl/α,β-unsaturated/α-hetero) is 1. The minimum Gasteiger partial charge on any atom is -0.422 e. The summed E-state index contributed by atoms with van der Waals surface area (Å²) >= 11 is 1.20. The van der Waals surface area contributed by atoms with Gasteiger partial charge >= 0.3 is 5.63 Å². The first-order valence-electron chi connectivity index (χ1n) is 10.4. The minimum atomic E-state index is -0.636. The van der Waals surface area contributed by atoms with Crippen molar-refractivity contribution in [2.75, 3.05) is 5.75 Å². The van der Waals surface area contributed by atoms with Gasteiger partial charge in [-0.15, -0.1) is 0 Å². The minimum absolute atomic E-state index is 0.0234. The van der Waals surface area contributed by atoms with Crippen LogP contribution < -0.4 is 5.63 Å². The predicted molar refractivity (Wildman–Crippen MR) is 130 cm³/mol. The monoisotopic (exact) mass is 450 g/mol. The Morgan fingerprint density at radius 3 is 1.97 bits per heavy atom. The molecule has 0 saturated carbocycles. The lowest BCUT2D eigenvalue weighted by Gasteiger charge is -2.08. The van der Waals surface area contributed by atoms with Crippen molar-refractivity contribution < 1.29 is 9.21 Å². The van der Waals surface area contributed by atoms with Crippen LogP contribution in [0, 0.1) is 0 Å². The number of nitrogens with zero attached hydrogens (tertiary/aromatic N) is 2. The maximum atomic E-state index is 12.9. The van der Waals surface area contributed by atoms with Crippen LogP contribution in [0.25, 0.3) is 33.5 Å². The Bertz CT molecular complexity index is 1440. The van der Waals surface area contributed by atoms with Gasteiger partial charge in [0.15, 0.2) is 10.9 Å². The van der Waals surface area contributed by atoms with Gasteiger partial charge in [-0.1, -0.05) is 90.6 Å². The van der Waals surface area contributed by atoms with Crippen LogP contribution >= 0.6 is 11.8 Å². The van der Waals surface area contributed by atoms with E-state index in [2.05, 4.69) is 9.97 Å². The third kappa shape index (κ3) is 4.61. The topological polar surface area (TPSA) is 73.1 Å². The molecule has 0 spiro atoms. The van der Waals surface area contributed by atoms with Crippen LogP contribution in [-0.2, 0) is 0 Å². The highest BCUT2D eigenvalue weighted by molar-refractivity contribution is 7.99. The van der Waals surface area contributed by atoms with Crippen LogP contribution in [-0.4, -0.2) is 21.5 Å². The van der Waals surface area contributed by atoms with Gasteiger partial charge in [-0.05, 0) is 18.2 Å². The van der Waals surface area contributed by atoms with E-state index < -0.39 is 5.63 Å². The average molecular weight is 451 g/mol. The Morgan fingerprint density at radius 1 is 0.758 bits per heavy atom. The zero-order valence-electron chi connectivity index (χ0n) is 17.5. The number of benzene rings is 3. The van der Waals surface area contributed by atoms with Crippen LogP contribution in [0.4, 0.5) is 0 Å². The van der Waals surface area contributed by atoms with Gasteiger partial charge in [0.25, 0.3) is 0 Å². The molecule has 0 bridgehead atoms. The number of ketones is 1. The van der Waals surface area contributed by atoms with Crippen LogP contribution in [0.3, 0.4) is 0 Å². The lowest BCUT2D eigenvalue weighted by Crippen LogP contribution is -2.15. The summed E-state index contributed by atoms with van der Waals surface area (Å²) < 4.78 is 5.30. The second-order valence-corrected chi connectivity index (χ2v) is 8.29. The van der Waals surface area contributed by atoms with Crippen molar-refractivity contribution in [3.8, 4) is 22.5 Å². The Kier molecular flexibility index (Phi) is 5.83. The molecule has 5 aromatic rings. The molecule has 0 amide bonds. The molecular formula is C27H18N2O3S. The molecule has 0 radical (unpaired) electrons. The van der Waals surface area contributed by atoms with Crippen LogP contribution in [0.1, 0.15) is 10.4 Å². The molecule has 6 heteroatoms. The highest BCUT2D eigenvalue weighted by atomic mass is 32.2. The number of aromatic nitrogens is 2. The predicted octanol–water partition coefficient (Wildman–Crippen LogP) is 5.89. The van der Waals surface area contributed by atoms with Crippen molar-refractivity contribution in [3.63, 3.8) is 0 Å². The molecule has 2 heterocycles. The molecule has 33 heavy (non-hydrogen) atoms. The summed E-state index contributed by atoms with van der Waals surface area (Å²) in [6.07, 6.45) is 0. The van der Waals surface area contributed by atoms with Gasteiger partial charge in [0.1, 0.15) is 11.1 Å². The number of hydrogen-bond donors (Lipinski definition) is 0. The molecule has 3 aromatic carbocycles. The second-order valence-electron chi connectivity index (χ2n) is 7.35. The highest BCUT2D eigenvalue weighted by Gasteiger charge is 2.16. The van der Waals surface area contributed by atoms with Gasteiger partial charge in [-0.2, -0.15) is 0 Å². The van der Waals surface area contributed by atoms with E-state index in [1.54, 1.807) is 24.3 Å². The quantitative estimate of drug-likeness (QED) is 0.139. The molecule has 2 aromatic heterocycles. The molecule has 0 fully saturated rings. The van der Waals surface area contributed by atoms with E-state index in [0.29, 0.717) is 16.1 Å². The third-order valence-corrected chi connectivity index (χ3v) is 5.97. The van der Waals surface area contributed by atoms with E-state index in [9.17, 15) is 9.59 Å². The summed E-state index contributed by atoms with van der Waals surface area (Å²) in [5, 5.41) is 1.17.